The normalized spacial score (nSPS) is 13.6. The lowest BCUT2D eigenvalue weighted by molar-refractivity contribution is -0.874. The lowest BCUT2D eigenvalue weighted by atomic mass is 10.1. The summed E-state index contributed by atoms with van der Waals surface area (Å²) in [7, 11) is 3.10. The highest BCUT2D eigenvalue weighted by molar-refractivity contribution is 5.41. The standard InChI is InChI=1S/C17H21NO4/c1-18(21,10-9-13-3-6-15(19)7-4-13)12-14-5-8-17(22-2)16(20)11-14/h3-8,11,19-20H,9-10,12H2,1-2H3. The minimum atomic E-state index is -0.438. The Morgan fingerprint density at radius 3 is 2.27 bits per heavy atom. The molecule has 118 valence electrons. The molecule has 0 radical (unpaired) electrons. The molecule has 1 unspecified atom stereocenters. The summed E-state index contributed by atoms with van der Waals surface area (Å²) >= 11 is 0. The molecule has 0 saturated heterocycles. The number of benzene rings is 2. The Morgan fingerprint density at radius 1 is 1.05 bits per heavy atom. The van der Waals surface area contributed by atoms with Gasteiger partial charge in [0.05, 0.1) is 20.7 Å². The van der Waals surface area contributed by atoms with E-state index in [1.54, 1.807) is 37.4 Å². The van der Waals surface area contributed by atoms with Crippen LogP contribution in [0.2, 0.25) is 0 Å². The zero-order chi connectivity index (χ0) is 16.2. The summed E-state index contributed by atoms with van der Waals surface area (Å²) in [4.78, 5) is 0. The van der Waals surface area contributed by atoms with Crippen LogP contribution in [-0.4, -0.2) is 35.6 Å². The summed E-state index contributed by atoms with van der Waals surface area (Å²) in [5.74, 6) is 0.656. The van der Waals surface area contributed by atoms with Crippen LogP contribution in [0, 0.1) is 5.21 Å². The molecule has 1 atom stereocenters. The summed E-state index contributed by atoms with van der Waals surface area (Å²) in [5, 5.41) is 31.6. The number of hydrogen-bond acceptors (Lipinski definition) is 4. The van der Waals surface area contributed by atoms with Gasteiger partial charge in [0.1, 0.15) is 12.3 Å². The molecule has 2 aromatic carbocycles. The van der Waals surface area contributed by atoms with Gasteiger partial charge in [-0.2, -0.15) is 0 Å². The second kappa shape index (κ2) is 6.68. The maximum Gasteiger partial charge on any atom is 0.160 e. The van der Waals surface area contributed by atoms with Gasteiger partial charge in [-0.1, -0.05) is 12.1 Å². The molecule has 2 aromatic rings. The van der Waals surface area contributed by atoms with Crippen molar-refractivity contribution in [3.63, 3.8) is 0 Å². The largest absolute Gasteiger partial charge is 0.633 e. The lowest BCUT2D eigenvalue weighted by Gasteiger charge is -2.38. The molecule has 0 heterocycles. The van der Waals surface area contributed by atoms with Crippen molar-refractivity contribution in [1.29, 1.82) is 0 Å². The predicted octanol–water partition coefficient (Wildman–Crippen LogP) is 2.79. The minimum Gasteiger partial charge on any atom is -0.633 e. The number of likely N-dealkylation sites (N-methyl/N-ethyl adjacent to an activating group) is 1. The highest BCUT2D eigenvalue weighted by Gasteiger charge is 2.13. The molecular weight excluding hydrogens is 282 g/mol. The molecule has 5 heteroatoms. The Labute approximate surface area is 130 Å². The monoisotopic (exact) mass is 303 g/mol. The molecule has 0 aliphatic carbocycles. The van der Waals surface area contributed by atoms with Crippen LogP contribution >= 0.6 is 0 Å². The van der Waals surface area contributed by atoms with Crippen LogP contribution in [0.25, 0.3) is 0 Å². The number of hydroxylamine groups is 3. The second-order valence-electron chi connectivity index (χ2n) is 5.60. The van der Waals surface area contributed by atoms with E-state index >= 15 is 0 Å². The third-order valence-corrected chi connectivity index (χ3v) is 3.57. The molecule has 0 aliphatic heterocycles. The number of phenols is 2. The van der Waals surface area contributed by atoms with Crippen molar-refractivity contribution in [3.05, 3.63) is 58.8 Å². The Kier molecular flexibility index (Phi) is 4.90. The molecule has 2 N–H and O–H groups in total. The molecule has 5 nitrogen and oxygen atoms in total. The maximum absolute atomic E-state index is 12.6. The van der Waals surface area contributed by atoms with Crippen molar-refractivity contribution in [2.75, 3.05) is 20.7 Å². The molecule has 0 aliphatic rings. The van der Waals surface area contributed by atoms with E-state index in [-0.39, 0.29) is 18.0 Å². The quantitative estimate of drug-likeness (QED) is 0.636. The smallest absolute Gasteiger partial charge is 0.160 e. The van der Waals surface area contributed by atoms with Crippen molar-refractivity contribution in [3.8, 4) is 17.2 Å². The van der Waals surface area contributed by atoms with E-state index in [9.17, 15) is 15.4 Å². The van der Waals surface area contributed by atoms with Crippen LogP contribution < -0.4 is 4.74 Å². The fourth-order valence-electron chi connectivity index (χ4n) is 2.33. The van der Waals surface area contributed by atoms with Crippen LogP contribution in [0.3, 0.4) is 0 Å². The molecule has 0 fully saturated rings. The van der Waals surface area contributed by atoms with Crippen molar-refractivity contribution in [2.45, 2.75) is 13.0 Å². The van der Waals surface area contributed by atoms with Crippen molar-refractivity contribution >= 4 is 0 Å². The maximum atomic E-state index is 12.6. The molecule has 0 bridgehead atoms. The minimum absolute atomic E-state index is 0.0403. The van der Waals surface area contributed by atoms with Gasteiger partial charge in [0.15, 0.2) is 11.5 Å². The molecule has 0 saturated carbocycles. The molecule has 0 amide bonds. The van der Waals surface area contributed by atoms with E-state index in [0.29, 0.717) is 18.7 Å². The number of rotatable bonds is 6. The van der Waals surface area contributed by atoms with Crippen molar-refractivity contribution in [2.24, 2.45) is 0 Å². The fraction of sp³-hybridized carbons (Fsp3) is 0.294. The van der Waals surface area contributed by atoms with Crippen LogP contribution in [0.4, 0.5) is 0 Å². The van der Waals surface area contributed by atoms with E-state index < -0.39 is 4.65 Å². The number of quaternary nitrogens is 1. The van der Waals surface area contributed by atoms with Gasteiger partial charge >= 0.3 is 0 Å². The summed E-state index contributed by atoms with van der Waals surface area (Å²) in [6, 6.07) is 11.9. The number of phenolic OH excluding ortho intramolecular Hbond substituents is 2. The van der Waals surface area contributed by atoms with Crippen molar-refractivity contribution in [1.82, 2.24) is 0 Å². The zero-order valence-corrected chi connectivity index (χ0v) is 12.8. The average Bonchev–Trinajstić information content (AvgIpc) is 2.46. The first-order chi connectivity index (χ1) is 10.4. The van der Waals surface area contributed by atoms with E-state index in [1.165, 1.54) is 7.11 Å². The highest BCUT2D eigenvalue weighted by Crippen LogP contribution is 2.27. The first-order valence-corrected chi connectivity index (χ1v) is 7.09. The number of aromatic hydroxyl groups is 2. The van der Waals surface area contributed by atoms with Gasteiger partial charge < -0.3 is 24.8 Å². The second-order valence-corrected chi connectivity index (χ2v) is 5.60. The lowest BCUT2D eigenvalue weighted by Crippen LogP contribution is -2.38. The topological polar surface area (TPSA) is 72.8 Å². The number of hydrogen-bond donors (Lipinski definition) is 2. The van der Waals surface area contributed by atoms with Crippen molar-refractivity contribution < 1.29 is 19.6 Å². The zero-order valence-electron chi connectivity index (χ0n) is 12.8. The number of ether oxygens (including phenoxy) is 1. The number of nitrogens with zero attached hydrogens (tertiary/aromatic N) is 1. The Morgan fingerprint density at radius 2 is 1.68 bits per heavy atom. The van der Waals surface area contributed by atoms with Gasteiger partial charge in [-0.05, 0) is 35.9 Å². The van der Waals surface area contributed by atoms with Crippen LogP contribution in [-0.2, 0) is 13.0 Å². The molecule has 0 spiro atoms. The summed E-state index contributed by atoms with van der Waals surface area (Å²) in [5.41, 5.74) is 1.78. The summed E-state index contributed by atoms with van der Waals surface area (Å²) in [6.07, 6.45) is 0.627. The summed E-state index contributed by atoms with van der Waals surface area (Å²) in [6.45, 7) is 0.688. The van der Waals surface area contributed by atoms with E-state index in [4.69, 9.17) is 4.74 Å². The van der Waals surface area contributed by atoms with E-state index in [2.05, 4.69) is 0 Å². The van der Waals surface area contributed by atoms with Gasteiger partial charge in [0.25, 0.3) is 0 Å². The van der Waals surface area contributed by atoms with Crippen LogP contribution in [0.5, 0.6) is 17.2 Å². The molecule has 22 heavy (non-hydrogen) atoms. The Hall–Kier alpha value is -2.24. The molecular formula is C17H21NO4. The summed E-state index contributed by atoms with van der Waals surface area (Å²) < 4.78 is 4.55. The van der Waals surface area contributed by atoms with Gasteiger partial charge in [-0.3, -0.25) is 0 Å². The van der Waals surface area contributed by atoms with Gasteiger partial charge in [0, 0.05) is 12.0 Å². The van der Waals surface area contributed by atoms with Crippen LogP contribution in [0.15, 0.2) is 42.5 Å². The number of methoxy groups -OCH3 is 1. The fourth-order valence-corrected chi connectivity index (χ4v) is 2.33. The van der Waals surface area contributed by atoms with Gasteiger partial charge in [0.2, 0.25) is 0 Å². The van der Waals surface area contributed by atoms with Gasteiger partial charge in [-0.15, -0.1) is 0 Å². The molecule has 2 rings (SSSR count). The van der Waals surface area contributed by atoms with Gasteiger partial charge in [-0.25, -0.2) is 0 Å². The first-order valence-electron chi connectivity index (χ1n) is 7.09. The third-order valence-electron chi connectivity index (χ3n) is 3.57. The first kappa shape index (κ1) is 16.1. The average molecular weight is 303 g/mol. The van der Waals surface area contributed by atoms with E-state index in [0.717, 1.165) is 11.1 Å². The van der Waals surface area contributed by atoms with E-state index in [1.807, 2.05) is 12.1 Å². The Balaban J connectivity index is 1.98. The highest BCUT2D eigenvalue weighted by atomic mass is 16.5. The van der Waals surface area contributed by atoms with Crippen LogP contribution in [0.1, 0.15) is 11.1 Å². The Bertz CT molecular complexity index is 623. The molecule has 0 aromatic heterocycles. The SMILES string of the molecule is COc1ccc(C[N+](C)([O-])CCc2ccc(O)cc2)cc1O. The third kappa shape index (κ3) is 4.38. The predicted molar refractivity (Wildman–Crippen MR) is 84.6 cm³/mol.